The summed E-state index contributed by atoms with van der Waals surface area (Å²) < 4.78 is 16.8. The van der Waals surface area contributed by atoms with Crippen molar-refractivity contribution in [2.75, 3.05) is 13.2 Å². The molecule has 0 spiro atoms. The Balaban J connectivity index is 4.35. The fraction of sp³-hybridized carbons (Fsp3) is 0.806. The second kappa shape index (κ2) is 61.7. The number of esters is 3. The van der Waals surface area contributed by atoms with Crippen LogP contribution in [0.5, 0.6) is 0 Å². The third-order valence-corrected chi connectivity index (χ3v) is 14.1. The van der Waals surface area contributed by atoms with Gasteiger partial charge in [-0.25, -0.2) is 0 Å². The molecule has 0 saturated carbocycles. The summed E-state index contributed by atoms with van der Waals surface area (Å²) in [6.45, 7) is 6.49. The molecule has 0 aromatic heterocycles. The maximum absolute atomic E-state index is 12.9. The second-order valence-corrected chi connectivity index (χ2v) is 21.3. The molecule has 1 unspecified atom stereocenters. The molecule has 0 amide bonds. The molecule has 0 aliphatic rings. The lowest BCUT2D eigenvalue weighted by molar-refractivity contribution is -0.166. The Kier molecular flexibility index (Phi) is 59.2. The van der Waals surface area contributed by atoms with Gasteiger partial charge in [0, 0.05) is 12.8 Å². The zero-order valence-electron chi connectivity index (χ0n) is 48.7. The van der Waals surface area contributed by atoms with Gasteiger partial charge in [-0.1, -0.05) is 326 Å². The molecule has 0 fully saturated rings. The zero-order chi connectivity index (χ0) is 52.9. The molecule has 0 rings (SSSR count). The number of hydrogen-bond donors (Lipinski definition) is 0. The van der Waals surface area contributed by atoms with Crippen molar-refractivity contribution in [3.05, 3.63) is 60.8 Å². The number of rotatable bonds is 58. The van der Waals surface area contributed by atoms with Crippen molar-refractivity contribution < 1.29 is 28.6 Å². The van der Waals surface area contributed by atoms with E-state index in [2.05, 4.69) is 69.4 Å². The number of carbonyl (C=O) groups is 3. The van der Waals surface area contributed by atoms with Crippen LogP contribution in [0.15, 0.2) is 60.8 Å². The summed E-state index contributed by atoms with van der Waals surface area (Å²) in [6.07, 6.45) is 78.3. The molecule has 6 nitrogen and oxygen atoms in total. The topological polar surface area (TPSA) is 78.9 Å². The summed E-state index contributed by atoms with van der Waals surface area (Å²) in [6, 6.07) is 0. The highest BCUT2D eigenvalue weighted by atomic mass is 16.6. The van der Waals surface area contributed by atoms with Gasteiger partial charge in [-0.15, -0.1) is 0 Å². The van der Waals surface area contributed by atoms with Gasteiger partial charge in [0.2, 0.25) is 0 Å². The van der Waals surface area contributed by atoms with Gasteiger partial charge in [-0.3, -0.25) is 14.4 Å². The predicted molar refractivity (Wildman–Crippen MR) is 316 cm³/mol. The van der Waals surface area contributed by atoms with Gasteiger partial charge in [0.1, 0.15) is 13.2 Å². The van der Waals surface area contributed by atoms with Crippen LogP contribution >= 0.6 is 0 Å². The highest BCUT2D eigenvalue weighted by Crippen LogP contribution is 2.18. The number of unbranched alkanes of at least 4 members (excludes halogenated alkanes) is 38. The molecule has 6 heteroatoms. The summed E-state index contributed by atoms with van der Waals surface area (Å²) in [5, 5.41) is 0. The smallest absolute Gasteiger partial charge is 0.309 e. The van der Waals surface area contributed by atoms with E-state index in [1.807, 2.05) is 6.08 Å². The molecule has 0 N–H and O–H groups in total. The fourth-order valence-electron chi connectivity index (χ4n) is 9.34. The monoisotopic (exact) mass is 1020 g/mol. The van der Waals surface area contributed by atoms with Crippen LogP contribution in [-0.2, 0) is 28.6 Å². The molecular weight excluding hydrogens is 901 g/mol. The molecule has 0 bridgehead atoms. The van der Waals surface area contributed by atoms with Crippen molar-refractivity contribution in [3.8, 4) is 0 Å². The van der Waals surface area contributed by atoms with E-state index in [0.717, 1.165) is 70.6 Å². The average molecular weight is 1020 g/mol. The van der Waals surface area contributed by atoms with Crippen LogP contribution in [0.3, 0.4) is 0 Å². The molecule has 424 valence electrons. The molecule has 1 atom stereocenters. The Hall–Kier alpha value is -2.89. The van der Waals surface area contributed by atoms with E-state index in [-0.39, 0.29) is 31.6 Å². The van der Waals surface area contributed by atoms with Crippen LogP contribution in [0.4, 0.5) is 0 Å². The number of hydrogen-bond acceptors (Lipinski definition) is 6. The van der Waals surface area contributed by atoms with Crippen molar-refractivity contribution in [2.45, 2.75) is 335 Å². The van der Waals surface area contributed by atoms with Crippen LogP contribution in [-0.4, -0.2) is 37.2 Å². The highest BCUT2D eigenvalue weighted by molar-refractivity contribution is 5.72. The van der Waals surface area contributed by atoms with Gasteiger partial charge in [0.05, 0.1) is 6.42 Å². The minimum absolute atomic E-state index is 0.0993. The Morgan fingerprint density at radius 1 is 0.288 bits per heavy atom. The normalized spacial score (nSPS) is 12.4. The van der Waals surface area contributed by atoms with E-state index >= 15 is 0 Å². The Bertz CT molecular complexity index is 1310. The lowest BCUT2D eigenvalue weighted by atomic mass is 10.0. The SMILES string of the molecule is CC/C=C\C/C=C\C/C=C\C/C=C\C/C=C\CC(=O)OCC(COC(=O)CCCCCCCCCCCCCCCCCCCCCCCCC)OC(=O)CCCCCCCCCCCCCCCCCCC. The summed E-state index contributed by atoms with van der Waals surface area (Å²) >= 11 is 0. The summed E-state index contributed by atoms with van der Waals surface area (Å²) in [7, 11) is 0. The third kappa shape index (κ3) is 59.9. The standard InChI is InChI=1S/C67H120O6/c1-4-7-10-13-16-19-22-25-28-30-31-32-33-34-35-37-39-42-45-48-51-54-57-60-66(69)72-63-64(62-71-65(68)59-56-53-50-47-44-41-38-27-24-21-18-15-12-9-6-3)73-67(70)61-58-55-52-49-46-43-40-36-29-26-23-20-17-14-11-8-5-2/h9,12,18,21,27,38,44,47,53,56,64H,4-8,10-11,13-17,19-20,22-26,28-37,39-43,45-46,48-52,54-55,57-63H2,1-3H3/b12-9-,21-18-,38-27-,47-44-,56-53-. The van der Waals surface area contributed by atoms with Gasteiger partial charge in [0.15, 0.2) is 6.10 Å². The van der Waals surface area contributed by atoms with Crippen molar-refractivity contribution in [3.63, 3.8) is 0 Å². The molecular formula is C67H120O6. The maximum Gasteiger partial charge on any atom is 0.309 e. The van der Waals surface area contributed by atoms with Gasteiger partial charge in [-0.05, 0) is 44.9 Å². The summed E-state index contributed by atoms with van der Waals surface area (Å²) in [5.74, 6) is -1.01. The quantitative estimate of drug-likeness (QED) is 0.0261. The van der Waals surface area contributed by atoms with Crippen molar-refractivity contribution in [2.24, 2.45) is 0 Å². The first-order valence-electron chi connectivity index (χ1n) is 31.8. The lowest BCUT2D eigenvalue weighted by Crippen LogP contribution is -2.30. The van der Waals surface area contributed by atoms with Gasteiger partial charge in [-0.2, -0.15) is 0 Å². The third-order valence-electron chi connectivity index (χ3n) is 14.1. The molecule has 0 radical (unpaired) electrons. The summed E-state index contributed by atoms with van der Waals surface area (Å²) in [4.78, 5) is 38.2. The molecule has 0 aromatic carbocycles. The lowest BCUT2D eigenvalue weighted by Gasteiger charge is -2.18. The molecule has 0 aliphatic heterocycles. The predicted octanol–water partition coefficient (Wildman–Crippen LogP) is 21.6. The van der Waals surface area contributed by atoms with Gasteiger partial charge < -0.3 is 14.2 Å². The van der Waals surface area contributed by atoms with Gasteiger partial charge >= 0.3 is 17.9 Å². The molecule has 0 aliphatic carbocycles. The zero-order valence-corrected chi connectivity index (χ0v) is 48.7. The van der Waals surface area contributed by atoms with Crippen LogP contribution in [0.2, 0.25) is 0 Å². The number of ether oxygens (including phenoxy) is 3. The Morgan fingerprint density at radius 3 is 0.836 bits per heavy atom. The van der Waals surface area contributed by atoms with Crippen molar-refractivity contribution in [1.29, 1.82) is 0 Å². The van der Waals surface area contributed by atoms with E-state index in [1.165, 1.54) is 218 Å². The van der Waals surface area contributed by atoms with Gasteiger partial charge in [0.25, 0.3) is 0 Å². The number of allylic oxidation sites excluding steroid dienone is 9. The van der Waals surface area contributed by atoms with Crippen molar-refractivity contribution >= 4 is 17.9 Å². The largest absolute Gasteiger partial charge is 0.462 e. The second-order valence-electron chi connectivity index (χ2n) is 21.3. The van der Waals surface area contributed by atoms with Crippen LogP contribution < -0.4 is 0 Å². The number of carbonyl (C=O) groups excluding carboxylic acids is 3. The molecule has 0 heterocycles. The highest BCUT2D eigenvalue weighted by Gasteiger charge is 2.19. The Morgan fingerprint density at radius 2 is 0.534 bits per heavy atom. The fourth-order valence-corrected chi connectivity index (χ4v) is 9.34. The first-order valence-corrected chi connectivity index (χ1v) is 31.8. The first-order chi connectivity index (χ1) is 36.0. The van der Waals surface area contributed by atoms with E-state index in [1.54, 1.807) is 6.08 Å². The Labute approximate surface area is 453 Å². The van der Waals surface area contributed by atoms with E-state index in [0.29, 0.717) is 12.8 Å². The van der Waals surface area contributed by atoms with E-state index < -0.39 is 12.1 Å². The van der Waals surface area contributed by atoms with E-state index in [4.69, 9.17) is 14.2 Å². The molecule has 73 heavy (non-hydrogen) atoms. The minimum Gasteiger partial charge on any atom is -0.462 e. The molecule has 0 aromatic rings. The van der Waals surface area contributed by atoms with Crippen molar-refractivity contribution in [1.82, 2.24) is 0 Å². The van der Waals surface area contributed by atoms with Crippen LogP contribution in [0, 0.1) is 0 Å². The molecule has 0 saturated heterocycles. The van der Waals surface area contributed by atoms with Crippen LogP contribution in [0.25, 0.3) is 0 Å². The summed E-state index contributed by atoms with van der Waals surface area (Å²) in [5.41, 5.74) is 0. The minimum atomic E-state index is -0.811. The van der Waals surface area contributed by atoms with Crippen LogP contribution in [0.1, 0.15) is 329 Å². The van der Waals surface area contributed by atoms with E-state index in [9.17, 15) is 14.4 Å². The first kappa shape index (κ1) is 70.1. The average Bonchev–Trinajstić information content (AvgIpc) is 3.39. The maximum atomic E-state index is 12.9.